The van der Waals surface area contributed by atoms with Gasteiger partial charge in [0.15, 0.2) is 5.82 Å². The van der Waals surface area contributed by atoms with E-state index in [-0.39, 0.29) is 24.0 Å². The van der Waals surface area contributed by atoms with E-state index in [9.17, 15) is 4.79 Å². The monoisotopic (exact) mass is 314 g/mol. The first-order valence-corrected chi connectivity index (χ1v) is 7.85. The number of aromatic nitrogens is 3. The third-order valence-electron chi connectivity index (χ3n) is 4.59. The van der Waals surface area contributed by atoms with Crippen LogP contribution >= 0.6 is 0 Å². The standard InChI is InChI=1S/C16H18N4O3/c1-10-18-15(23-19-10)12-8-14-13(4-7-22-14)20(9-12)16(21)11-2-5-17-6-3-11/h2-3,5-6,12-14H,4,7-9H2,1H3/t12-,13+,14+/m0/s1. The van der Waals surface area contributed by atoms with Crippen LogP contribution in [0.15, 0.2) is 29.0 Å². The average Bonchev–Trinajstić information content (AvgIpc) is 3.22. The van der Waals surface area contributed by atoms with Gasteiger partial charge in [0.1, 0.15) is 0 Å². The molecule has 0 spiro atoms. The molecule has 2 aromatic rings. The van der Waals surface area contributed by atoms with Crippen molar-refractivity contribution in [2.75, 3.05) is 13.2 Å². The van der Waals surface area contributed by atoms with Crippen LogP contribution in [0.1, 0.15) is 40.8 Å². The number of likely N-dealkylation sites (tertiary alicyclic amines) is 1. The number of pyridine rings is 1. The van der Waals surface area contributed by atoms with Crippen molar-refractivity contribution in [3.63, 3.8) is 0 Å². The molecule has 7 nitrogen and oxygen atoms in total. The Bertz CT molecular complexity index is 702. The number of nitrogens with zero attached hydrogens (tertiary/aromatic N) is 4. The minimum Gasteiger partial charge on any atom is -0.376 e. The van der Waals surface area contributed by atoms with Crippen molar-refractivity contribution >= 4 is 5.91 Å². The molecule has 2 fully saturated rings. The largest absolute Gasteiger partial charge is 0.376 e. The zero-order valence-corrected chi connectivity index (χ0v) is 12.9. The zero-order chi connectivity index (χ0) is 15.8. The third kappa shape index (κ3) is 2.61. The van der Waals surface area contributed by atoms with Crippen LogP contribution in [0.2, 0.25) is 0 Å². The molecule has 0 bridgehead atoms. The second-order valence-corrected chi connectivity index (χ2v) is 6.07. The van der Waals surface area contributed by atoms with Gasteiger partial charge in [-0.1, -0.05) is 5.16 Å². The van der Waals surface area contributed by atoms with Crippen LogP contribution in [0.3, 0.4) is 0 Å². The van der Waals surface area contributed by atoms with Gasteiger partial charge in [-0.25, -0.2) is 0 Å². The predicted octanol–water partition coefficient (Wildman–Crippen LogP) is 1.56. The van der Waals surface area contributed by atoms with Crippen LogP contribution in [0.4, 0.5) is 0 Å². The second kappa shape index (κ2) is 5.73. The van der Waals surface area contributed by atoms with Crippen molar-refractivity contribution in [1.82, 2.24) is 20.0 Å². The number of amides is 1. The van der Waals surface area contributed by atoms with E-state index in [2.05, 4.69) is 15.1 Å². The first-order chi connectivity index (χ1) is 11.2. The summed E-state index contributed by atoms with van der Waals surface area (Å²) >= 11 is 0. The number of rotatable bonds is 2. The van der Waals surface area contributed by atoms with E-state index in [4.69, 9.17) is 9.26 Å². The first kappa shape index (κ1) is 14.3. The lowest BCUT2D eigenvalue weighted by atomic mass is 9.89. The Labute approximate surface area is 133 Å². The molecule has 23 heavy (non-hydrogen) atoms. The van der Waals surface area contributed by atoms with Crippen LogP contribution in [-0.2, 0) is 4.74 Å². The molecule has 120 valence electrons. The number of ether oxygens (including phenoxy) is 1. The molecule has 0 radical (unpaired) electrons. The summed E-state index contributed by atoms with van der Waals surface area (Å²) in [5.41, 5.74) is 0.646. The van der Waals surface area contributed by atoms with Gasteiger partial charge in [0.25, 0.3) is 5.91 Å². The van der Waals surface area contributed by atoms with Crippen molar-refractivity contribution in [2.45, 2.75) is 37.8 Å². The van der Waals surface area contributed by atoms with E-state index in [1.165, 1.54) is 0 Å². The Morgan fingerprint density at radius 3 is 2.91 bits per heavy atom. The molecule has 0 unspecified atom stereocenters. The van der Waals surface area contributed by atoms with Crippen LogP contribution < -0.4 is 0 Å². The third-order valence-corrected chi connectivity index (χ3v) is 4.59. The number of fused-ring (bicyclic) bond motifs is 1. The zero-order valence-electron chi connectivity index (χ0n) is 12.9. The molecule has 0 saturated carbocycles. The number of carbonyl (C=O) groups is 1. The highest BCUT2D eigenvalue weighted by atomic mass is 16.5. The second-order valence-electron chi connectivity index (χ2n) is 6.07. The van der Waals surface area contributed by atoms with E-state index < -0.39 is 0 Å². The van der Waals surface area contributed by atoms with Crippen molar-refractivity contribution in [1.29, 1.82) is 0 Å². The van der Waals surface area contributed by atoms with Crippen LogP contribution in [0, 0.1) is 6.92 Å². The van der Waals surface area contributed by atoms with Gasteiger partial charge >= 0.3 is 0 Å². The number of aryl methyl sites for hydroxylation is 1. The van der Waals surface area contributed by atoms with E-state index in [0.29, 0.717) is 30.4 Å². The van der Waals surface area contributed by atoms with Gasteiger partial charge in [-0.2, -0.15) is 4.98 Å². The van der Waals surface area contributed by atoms with Crippen molar-refractivity contribution < 1.29 is 14.1 Å². The number of piperidine rings is 1. The Hall–Kier alpha value is -2.28. The Balaban J connectivity index is 1.62. The van der Waals surface area contributed by atoms with Crippen LogP contribution in [0.25, 0.3) is 0 Å². The van der Waals surface area contributed by atoms with Gasteiger partial charge in [0.2, 0.25) is 5.89 Å². The number of carbonyl (C=O) groups excluding carboxylic acids is 1. The van der Waals surface area contributed by atoms with E-state index in [1.54, 1.807) is 31.5 Å². The maximum Gasteiger partial charge on any atom is 0.254 e. The average molecular weight is 314 g/mol. The highest BCUT2D eigenvalue weighted by Crippen LogP contribution is 2.36. The lowest BCUT2D eigenvalue weighted by Gasteiger charge is -2.39. The highest BCUT2D eigenvalue weighted by molar-refractivity contribution is 5.94. The summed E-state index contributed by atoms with van der Waals surface area (Å²) in [5, 5.41) is 3.87. The quantitative estimate of drug-likeness (QED) is 0.837. The summed E-state index contributed by atoms with van der Waals surface area (Å²) in [6.07, 6.45) is 4.99. The number of hydrogen-bond donors (Lipinski definition) is 0. The molecular formula is C16H18N4O3. The van der Waals surface area contributed by atoms with Gasteiger partial charge in [0.05, 0.1) is 18.1 Å². The smallest absolute Gasteiger partial charge is 0.254 e. The van der Waals surface area contributed by atoms with Crippen LogP contribution in [0.5, 0.6) is 0 Å². The van der Waals surface area contributed by atoms with Gasteiger partial charge in [-0.3, -0.25) is 9.78 Å². The Kier molecular flexibility index (Phi) is 3.57. The summed E-state index contributed by atoms with van der Waals surface area (Å²) in [6, 6.07) is 3.61. The van der Waals surface area contributed by atoms with Crippen LogP contribution in [-0.4, -0.2) is 51.2 Å². The fourth-order valence-electron chi connectivity index (χ4n) is 3.50. The minimum atomic E-state index is 0.00818. The molecule has 4 rings (SSSR count). The first-order valence-electron chi connectivity index (χ1n) is 7.85. The summed E-state index contributed by atoms with van der Waals surface area (Å²) in [4.78, 5) is 23.1. The fraction of sp³-hybridized carbons (Fsp3) is 0.500. The summed E-state index contributed by atoms with van der Waals surface area (Å²) in [6.45, 7) is 3.06. The van der Waals surface area contributed by atoms with E-state index in [0.717, 1.165) is 12.8 Å². The lowest BCUT2D eigenvalue weighted by Crippen LogP contribution is -2.51. The molecule has 3 atom stereocenters. The highest BCUT2D eigenvalue weighted by Gasteiger charge is 2.44. The molecular weight excluding hydrogens is 296 g/mol. The molecule has 1 amide bonds. The summed E-state index contributed by atoms with van der Waals surface area (Å²) < 4.78 is 11.2. The van der Waals surface area contributed by atoms with Crippen molar-refractivity contribution in [3.05, 3.63) is 41.8 Å². The molecule has 0 N–H and O–H groups in total. The minimum absolute atomic E-state index is 0.00818. The molecule has 0 aromatic carbocycles. The molecule has 7 heteroatoms. The topological polar surface area (TPSA) is 81.4 Å². The normalized spacial score (nSPS) is 27.0. The SMILES string of the molecule is Cc1noc([C@H]2C[C@H]3OCC[C@H]3N(C(=O)c3ccncc3)C2)n1. The molecule has 2 aliphatic heterocycles. The molecule has 2 aliphatic rings. The van der Waals surface area contributed by atoms with Crippen molar-refractivity contribution in [2.24, 2.45) is 0 Å². The van der Waals surface area contributed by atoms with Gasteiger partial charge < -0.3 is 14.2 Å². The molecule has 4 heterocycles. The van der Waals surface area contributed by atoms with E-state index in [1.807, 2.05) is 4.90 Å². The summed E-state index contributed by atoms with van der Waals surface area (Å²) in [5.74, 6) is 1.22. The van der Waals surface area contributed by atoms with Gasteiger partial charge in [0, 0.05) is 31.1 Å². The maximum absolute atomic E-state index is 12.9. The fourth-order valence-corrected chi connectivity index (χ4v) is 3.50. The van der Waals surface area contributed by atoms with Gasteiger partial charge in [-0.05, 0) is 31.9 Å². The van der Waals surface area contributed by atoms with Gasteiger partial charge in [-0.15, -0.1) is 0 Å². The van der Waals surface area contributed by atoms with Crippen molar-refractivity contribution in [3.8, 4) is 0 Å². The maximum atomic E-state index is 12.9. The molecule has 0 aliphatic carbocycles. The Morgan fingerprint density at radius 1 is 1.35 bits per heavy atom. The summed E-state index contributed by atoms with van der Waals surface area (Å²) in [7, 11) is 0. The lowest BCUT2D eigenvalue weighted by molar-refractivity contribution is 0.0124. The molecule has 2 aromatic heterocycles. The Morgan fingerprint density at radius 2 is 2.17 bits per heavy atom. The predicted molar refractivity (Wildman–Crippen MR) is 79.8 cm³/mol. The molecule has 2 saturated heterocycles. The van der Waals surface area contributed by atoms with E-state index >= 15 is 0 Å². The number of hydrogen-bond acceptors (Lipinski definition) is 6.